The Morgan fingerprint density at radius 2 is 1.92 bits per heavy atom. The predicted molar refractivity (Wildman–Crippen MR) is 93.1 cm³/mol. The molecule has 0 saturated carbocycles. The highest BCUT2D eigenvalue weighted by Crippen LogP contribution is 2.15. The smallest absolute Gasteiger partial charge is 0.261 e. The van der Waals surface area contributed by atoms with Gasteiger partial charge in [-0.15, -0.1) is 0 Å². The number of aromatic nitrogens is 2. The minimum absolute atomic E-state index is 0.102. The van der Waals surface area contributed by atoms with Crippen LogP contribution in [0.1, 0.15) is 5.56 Å². The third kappa shape index (κ3) is 3.82. The van der Waals surface area contributed by atoms with Gasteiger partial charge in [-0.2, -0.15) is 0 Å². The van der Waals surface area contributed by atoms with E-state index in [4.69, 9.17) is 16.3 Å². The molecule has 0 unspecified atom stereocenters. The number of benzene rings is 2. The summed E-state index contributed by atoms with van der Waals surface area (Å²) < 4.78 is 6.89. The third-order valence-electron chi connectivity index (χ3n) is 3.66. The molecule has 0 aliphatic heterocycles. The van der Waals surface area contributed by atoms with Crippen LogP contribution in [0.5, 0.6) is 0 Å². The minimum atomic E-state index is -0.812. The van der Waals surface area contributed by atoms with Crippen LogP contribution >= 0.6 is 11.6 Å². The van der Waals surface area contributed by atoms with Crippen molar-refractivity contribution in [3.63, 3.8) is 0 Å². The normalized spacial score (nSPS) is 12.4. The van der Waals surface area contributed by atoms with Crippen molar-refractivity contribution in [1.29, 1.82) is 0 Å². The molecule has 0 saturated heterocycles. The number of halogens is 1. The number of para-hydroxylation sites is 1. The molecule has 1 atom stereocenters. The second-order valence-electron chi connectivity index (χ2n) is 5.48. The average Bonchev–Trinajstić information content (AvgIpc) is 2.59. The fourth-order valence-electron chi connectivity index (χ4n) is 2.44. The quantitative estimate of drug-likeness (QED) is 0.746. The van der Waals surface area contributed by atoms with Gasteiger partial charge < -0.3 is 9.84 Å². The fraction of sp³-hybridized carbons (Fsp3) is 0.222. The molecule has 0 radical (unpaired) electrons. The Labute approximate surface area is 144 Å². The number of aliphatic hydroxyl groups excluding tert-OH is 1. The molecular weight excluding hydrogens is 328 g/mol. The van der Waals surface area contributed by atoms with Crippen molar-refractivity contribution in [2.75, 3.05) is 6.61 Å². The maximum Gasteiger partial charge on any atom is 0.261 e. The molecule has 1 aromatic heterocycles. The van der Waals surface area contributed by atoms with Crippen molar-refractivity contribution in [2.45, 2.75) is 19.3 Å². The number of nitrogens with zero attached hydrogens (tertiary/aromatic N) is 2. The zero-order valence-corrected chi connectivity index (χ0v) is 13.7. The molecular formula is C18H17ClN2O3. The third-order valence-corrected chi connectivity index (χ3v) is 4.03. The second kappa shape index (κ2) is 7.57. The van der Waals surface area contributed by atoms with Crippen LogP contribution in [-0.4, -0.2) is 27.4 Å². The molecule has 124 valence electrons. The van der Waals surface area contributed by atoms with Crippen molar-refractivity contribution in [3.05, 3.63) is 75.8 Å². The molecule has 0 aliphatic carbocycles. The van der Waals surface area contributed by atoms with Crippen LogP contribution in [0.15, 0.2) is 59.7 Å². The summed E-state index contributed by atoms with van der Waals surface area (Å²) in [5.74, 6) is 0. The Hall–Kier alpha value is -2.21. The van der Waals surface area contributed by atoms with Gasteiger partial charge in [-0.1, -0.05) is 41.9 Å². The first-order chi connectivity index (χ1) is 11.6. The van der Waals surface area contributed by atoms with E-state index in [2.05, 4.69) is 4.98 Å². The molecule has 0 amide bonds. The van der Waals surface area contributed by atoms with E-state index in [1.54, 1.807) is 24.3 Å². The van der Waals surface area contributed by atoms with Crippen molar-refractivity contribution < 1.29 is 9.84 Å². The summed E-state index contributed by atoms with van der Waals surface area (Å²) in [7, 11) is 0. The highest BCUT2D eigenvalue weighted by molar-refractivity contribution is 6.31. The van der Waals surface area contributed by atoms with E-state index in [9.17, 15) is 9.90 Å². The number of rotatable bonds is 6. The topological polar surface area (TPSA) is 64.4 Å². The Bertz CT molecular complexity index is 895. The molecule has 1 N–H and O–H groups in total. The van der Waals surface area contributed by atoms with Crippen LogP contribution in [0.25, 0.3) is 10.9 Å². The van der Waals surface area contributed by atoms with E-state index in [1.807, 2.05) is 24.3 Å². The average molecular weight is 345 g/mol. The first-order valence-corrected chi connectivity index (χ1v) is 7.96. The lowest BCUT2D eigenvalue weighted by Gasteiger charge is -2.13. The molecule has 2 aromatic carbocycles. The van der Waals surface area contributed by atoms with E-state index >= 15 is 0 Å². The van der Waals surface area contributed by atoms with Gasteiger partial charge in [-0.3, -0.25) is 9.36 Å². The molecule has 3 rings (SSSR count). The van der Waals surface area contributed by atoms with E-state index in [0.29, 0.717) is 22.5 Å². The monoisotopic (exact) mass is 344 g/mol. The van der Waals surface area contributed by atoms with Crippen molar-refractivity contribution in [2.24, 2.45) is 0 Å². The van der Waals surface area contributed by atoms with Crippen molar-refractivity contribution >= 4 is 22.5 Å². The zero-order chi connectivity index (χ0) is 16.9. The zero-order valence-electron chi connectivity index (χ0n) is 12.9. The standard InChI is InChI=1S/C18H17ClN2O3/c19-16-7-3-1-5-13(16)10-24-11-14(22)9-21-12-20-17-8-4-2-6-15(17)18(21)23/h1-8,12,14,22H,9-11H2/t14-/m1/s1. The summed E-state index contributed by atoms with van der Waals surface area (Å²) in [5.41, 5.74) is 1.32. The molecule has 5 nitrogen and oxygen atoms in total. The first-order valence-electron chi connectivity index (χ1n) is 7.58. The summed E-state index contributed by atoms with van der Waals surface area (Å²) in [6, 6.07) is 14.5. The molecule has 1 heterocycles. The van der Waals surface area contributed by atoms with Gasteiger partial charge in [0.05, 0.1) is 43.1 Å². The molecule has 24 heavy (non-hydrogen) atoms. The van der Waals surface area contributed by atoms with Gasteiger partial charge in [0.25, 0.3) is 5.56 Å². The number of ether oxygens (including phenoxy) is 1. The number of hydrogen-bond acceptors (Lipinski definition) is 4. The number of fused-ring (bicyclic) bond motifs is 1. The van der Waals surface area contributed by atoms with Crippen molar-refractivity contribution in [1.82, 2.24) is 9.55 Å². The number of aliphatic hydroxyl groups is 1. The lowest BCUT2D eigenvalue weighted by molar-refractivity contribution is 0.0198. The fourth-order valence-corrected chi connectivity index (χ4v) is 2.63. The first kappa shape index (κ1) is 16.6. The predicted octanol–water partition coefficient (Wildman–Crippen LogP) is 2.63. The lowest BCUT2D eigenvalue weighted by atomic mass is 10.2. The lowest BCUT2D eigenvalue weighted by Crippen LogP contribution is -2.29. The summed E-state index contributed by atoms with van der Waals surface area (Å²) in [4.78, 5) is 16.6. The minimum Gasteiger partial charge on any atom is -0.389 e. The Morgan fingerprint density at radius 1 is 1.17 bits per heavy atom. The van der Waals surface area contributed by atoms with Crippen LogP contribution in [0.3, 0.4) is 0 Å². The molecule has 0 bridgehead atoms. The Kier molecular flexibility index (Phi) is 5.25. The highest BCUT2D eigenvalue weighted by Gasteiger charge is 2.10. The van der Waals surface area contributed by atoms with Gasteiger partial charge >= 0.3 is 0 Å². The molecule has 0 spiro atoms. The van der Waals surface area contributed by atoms with E-state index < -0.39 is 6.10 Å². The van der Waals surface area contributed by atoms with Crippen LogP contribution in [0, 0.1) is 0 Å². The van der Waals surface area contributed by atoms with Crippen LogP contribution < -0.4 is 5.56 Å². The van der Waals surface area contributed by atoms with Gasteiger partial charge in [0.2, 0.25) is 0 Å². The van der Waals surface area contributed by atoms with Gasteiger partial charge in [-0.05, 0) is 23.8 Å². The van der Waals surface area contributed by atoms with Crippen LogP contribution in [0.4, 0.5) is 0 Å². The van der Waals surface area contributed by atoms with Crippen molar-refractivity contribution in [3.8, 4) is 0 Å². The maximum absolute atomic E-state index is 12.4. The Morgan fingerprint density at radius 3 is 2.75 bits per heavy atom. The molecule has 0 fully saturated rings. The summed E-state index contributed by atoms with van der Waals surface area (Å²) in [6.07, 6.45) is 0.634. The molecule has 3 aromatic rings. The largest absolute Gasteiger partial charge is 0.389 e. The maximum atomic E-state index is 12.4. The summed E-state index contributed by atoms with van der Waals surface area (Å²) >= 11 is 6.05. The highest BCUT2D eigenvalue weighted by atomic mass is 35.5. The number of hydrogen-bond donors (Lipinski definition) is 1. The van der Waals surface area contributed by atoms with E-state index in [1.165, 1.54) is 10.9 Å². The Balaban J connectivity index is 1.61. The summed E-state index contributed by atoms with van der Waals surface area (Å²) in [6.45, 7) is 0.533. The second-order valence-corrected chi connectivity index (χ2v) is 5.89. The van der Waals surface area contributed by atoms with Crippen LogP contribution in [-0.2, 0) is 17.9 Å². The van der Waals surface area contributed by atoms with Gasteiger partial charge in [-0.25, -0.2) is 4.98 Å². The van der Waals surface area contributed by atoms with E-state index in [-0.39, 0.29) is 18.7 Å². The SMILES string of the molecule is O=c1c2ccccc2ncn1C[C@@H](O)COCc1ccccc1Cl. The molecule has 0 aliphatic rings. The van der Waals surface area contributed by atoms with Gasteiger partial charge in [0.15, 0.2) is 0 Å². The summed E-state index contributed by atoms with van der Waals surface area (Å²) in [5, 5.41) is 11.3. The van der Waals surface area contributed by atoms with Gasteiger partial charge in [0, 0.05) is 5.02 Å². The van der Waals surface area contributed by atoms with E-state index in [0.717, 1.165) is 5.56 Å². The van der Waals surface area contributed by atoms with Crippen LogP contribution in [0.2, 0.25) is 5.02 Å². The molecule has 6 heteroatoms. The van der Waals surface area contributed by atoms with Gasteiger partial charge in [0.1, 0.15) is 0 Å².